The van der Waals surface area contributed by atoms with Crippen LogP contribution in [0.4, 0.5) is 0 Å². The van der Waals surface area contributed by atoms with E-state index in [9.17, 15) is 5.11 Å². The van der Waals surface area contributed by atoms with Crippen LogP contribution in [-0.4, -0.2) is 24.4 Å². The topological polar surface area (TPSA) is 53.2 Å². The van der Waals surface area contributed by atoms with Gasteiger partial charge in [-0.25, -0.2) is 0 Å². The molecule has 0 spiro atoms. The summed E-state index contributed by atoms with van der Waals surface area (Å²) in [5.41, 5.74) is 1.82. The second-order valence-electron chi connectivity index (χ2n) is 4.20. The van der Waals surface area contributed by atoms with Gasteiger partial charge in [0.2, 0.25) is 0 Å². The van der Waals surface area contributed by atoms with Crippen LogP contribution in [0.1, 0.15) is 17.5 Å². The van der Waals surface area contributed by atoms with Gasteiger partial charge in [-0.05, 0) is 30.5 Å². The number of nitriles is 1. The summed E-state index contributed by atoms with van der Waals surface area (Å²) in [5.74, 6) is 0.182. The number of ether oxygens (including phenoxy) is 1. The number of hydrogen-bond donors (Lipinski definition) is 1. The third kappa shape index (κ3) is 2.60. The number of aliphatic hydroxyl groups is 1. The molecular formula is C13H15NO2. The third-order valence-corrected chi connectivity index (χ3v) is 3.01. The second-order valence-corrected chi connectivity index (χ2v) is 4.20. The summed E-state index contributed by atoms with van der Waals surface area (Å²) in [6, 6.07) is 9.60. The van der Waals surface area contributed by atoms with Crippen LogP contribution in [0.15, 0.2) is 24.3 Å². The Morgan fingerprint density at radius 1 is 1.38 bits per heavy atom. The second kappa shape index (κ2) is 5.11. The van der Waals surface area contributed by atoms with E-state index in [-0.39, 0.29) is 12.0 Å². The van der Waals surface area contributed by atoms with Crippen LogP contribution >= 0.6 is 0 Å². The maximum Gasteiger partial charge on any atom is 0.0991 e. The molecule has 1 N–H and O–H groups in total. The van der Waals surface area contributed by atoms with E-state index in [2.05, 4.69) is 6.07 Å². The minimum atomic E-state index is -0.260. The molecule has 2 atom stereocenters. The van der Waals surface area contributed by atoms with Gasteiger partial charge < -0.3 is 9.84 Å². The van der Waals surface area contributed by atoms with Crippen LogP contribution in [0.5, 0.6) is 0 Å². The molecule has 1 aromatic carbocycles. The summed E-state index contributed by atoms with van der Waals surface area (Å²) >= 11 is 0. The number of rotatable bonds is 2. The Hall–Kier alpha value is -1.37. The Balaban J connectivity index is 2.00. The molecule has 16 heavy (non-hydrogen) atoms. The SMILES string of the molecule is N#Cc1ccc(C[C@@H]2COCC[C@@H]2O)cc1. The van der Waals surface area contributed by atoms with Crippen molar-refractivity contribution in [2.45, 2.75) is 18.9 Å². The van der Waals surface area contributed by atoms with Gasteiger partial charge in [-0.2, -0.15) is 5.26 Å². The Bertz CT molecular complexity index is 380. The van der Waals surface area contributed by atoms with Gasteiger partial charge in [0.05, 0.1) is 24.3 Å². The van der Waals surface area contributed by atoms with Crippen molar-refractivity contribution in [3.63, 3.8) is 0 Å². The molecular weight excluding hydrogens is 202 g/mol. The lowest BCUT2D eigenvalue weighted by molar-refractivity contribution is -0.0350. The molecule has 0 radical (unpaired) electrons. The highest BCUT2D eigenvalue weighted by molar-refractivity contribution is 5.31. The molecule has 84 valence electrons. The van der Waals surface area contributed by atoms with Crippen molar-refractivity contribution < 1.29 is 9.84 Å². The molecule has 1 saturated heterocycles. The molecule has 1 fully saturated rings. The first-order valence-electron chi connectivity index (χ1n) is 5.54. The lowest BCUT2D eigenvalue weighted by Crippen LogP contribution is -2.33. The zero-order valence-corrected chi connectivity index (χ0v) is 9.10. The largest absolute Gasteiger partial charge is 0.393 e. The summed E-state index contributed by atoms with van der Waals surface area (Å²) in [4.78, 5) is 0. The molecule has 1 heterocycles. The zero-order valence-electron chi connectivity index (χ0n) is 9.10. The molecule has 0 aromatic heterocycles. The maximum absolute atomic E-state index is 9.80. The van der Waals surface area contributed by atoms with Crippen LogP contribution in [0.2, 0.25) is 0 Å². The van der Waals surface area contributed by atoms with E-state index >= 15 is 0 Å². The molecule has 0 aliphatic carbocycles. The molecule has 0 amide bonds. The molecule has 2 rings (SSSR count). The Morgan fingerprint density at radius 2 is 2.12 bits per heavy atom. The zero-order chi connectivity index (χ0) is 11.4. The lowest BCUT2D eigenvalue weighted by Gasteiger charge is -2.27. The molecule has 1 aliphatic rings. The summed E-state index contributed by atoms with van der Waals surface area (Å²) in [5, 5.41) is 18.5. The molecule has 1 aromatic rings. The van der Waals surface area contributed by atoms with E-state index in [1.807, 2.05) is 24.3 Å². The van der Waals surface area contributed by atoms with Gasteiger partial charge in [-0.1, -0.05) is 12.1 Å². The van der Waals surface area contributed by atoms with E-state index in [0.717, 1.165) is 18.4 Å². The van der Waals surface area contributed by atoms with Crippen molar-refractivity contribution >= 4 is 0 Å². The van der Waals surface area contributed by atoms with Crippen molar-refractivity contribution in [2.24, 2.45) is 5.92 Å². The highest BCUT2D eigenvalue weighted by Gasteiger charge is 2.23. The first-order chi connectivity index (χ1) is 7.79. The third-order valence-electron chi connectivity index (χ3n) is 3.01. The highest BCUT2D eigenvalue weighted by Crippen LogP contribution is 2.19. The predicted molar refractivity (Wildman–Crippen MR) is 59.8 cm³/mol. The first kappa shape index (κ1) is 11.1. The summed E-state index contributed by atoms with van der Waals surface area (Å²) in [7, 11) is 0. The number of nitrogens with zero attached hydrogens (tertiary/aromatic N) is 1. The fourth-order valence-electron chi connectivity index (χ4n) is 2.00. The van der Waals surface area contributed by atoms with Gasteiger partial charge in [0.15, 0.2) is 0 Å². The van der Waals surface area contributed by atoms with Gasteiger partial charge in [0.1, 0.15) is 0 Å². The Labute approximate surface area is 95.3 Å². The molecule has 0 unspecified atom stereocenters. The van der Waals surface area contributed by atoms with Gasteiger partial charge >= 0.3 is 0 Å². The van der Waals surface area contributed by atoms with Gasteiger partial charge in [-0.15, -0.1) is 0 Å². The number of aliphatic hydroxyl groups excluding tert-OH is 1. The van der Waals surface area contributed by atoms with Crippen LogP contribution in [-0.2, 0) is 11.2 Å². The lowest BCUT2D eigenvalue weighted by atomic mass is 9.91. The van der Waals surface area contributed by atoms with Gasteiger partial charge in [0.25, 0.3) is 0 Å². The average molecular weight is 217 g/mol. The smallest absolute Gasteiger partial charge is 0.0991 e. The molecule has 3 nitrogen and oxygen atoms in total. The van der Waals surface area contributed by atoms with Gasteiger partial charge in [-0.3, -0.25) is 0 Å². The maximum atomic E-state index is 9.80. The van der Waals surface area contributed by atoms with Gasteiger partial charge in [0, 0.05) is 12.5 Å². The van der Waals surface area contributed by atoms with Crippen molar-refractivity contribution in [3.8, 4) is 6.07 Å². The average Bonchev–Trinajstić information content (AvgIpc) is 2.33. The minimum Gasteiger partial charge on any atom is -0.393 e. The summed E-state index contributed by atoms with van der Waals surface area (Å²) in [6.45, 7) is 1.28. The molecule has 1 aliphatic heterocycles. The molecule has 0 bridgehead atoms. The van der Waals surface area contributed by atoms with E-state index in [1.54, 1.807) is 0 Å². The van der Waals surface area contributed by atoms with Crippen molar-refractivity contribution in [3.05, 3.63) is 35.4 Å². The van der Waals surface area contributed by atoms with E-state index < -0.39 is 0 Å². The standard InChI is InChI=1S/C13H15NO2/c14-8-11-3-1-10(2-4-11)7-12-9-16-6-5-13(12)15/h1-4,12-13,15H,5-7,9H2/t12-,13+/m1/s1. The van der Waals surface area contributed by atoms with E-state index in [4.69, 9.17) is 10.00 Å². The van der Waals surface area contributed by atoms with Crippen LogP contribution < -0.4 is 0 Å². The molecule has 3 heteroatoms. The normalized spacial score (nSPS) is 25.0. The minimum absolute atomic E-state index is 0.182. The van der Waals surface area contributed by atoms with Crippen molar-refractivity contribution in [1.82, 2.24) is 0 Å². The summed E-state index contributed by atoms with van der Waals surface area (Å²) < 4.78 is 5.36. The van der Waals surface area contributed by atoms with E-state index in [1.165, 1.54) is 0 Å². The van der Waals surface area contributed by atoms with Crippen LogP contribution in [0.3, 0.4) is 0 Å². The van der Waals surface area contributed by atoms with Crippen molar-refractivity contribution in [1.29, 1.82) is 5.26 Å². The number of benzene rings is 1. The predicted octanol–water partition coefficient (Wildman–Crippen LogP) is 1.50. The van der Waals surface area contributed by atoms with E-state index in [0.29, 0.717) is 18.8 Å². The monoisotopic (exact) mass is 217 g/mol. The fraction of sp³-hybridized carbons (Fsp3) is 0.462. The Kier molecular flexibility index (Phi) is 3.55. The number of hydrogen-bond acceptors (Lipinski definition) is 3. The van der Waals surface area contributed by atoms with Crippen LogP contribution in [0, 0.1) is 17.2 Å². The summed E-state index contributed by atoms with van der Waals surface area (Å²) in [6.07, 6.45) is 1.28. The highest BCUT2D eigenvalue weighted by atomic mass is 16.5. The van der Waals surface area contributed by atoms with Crippen LogP contribution in [0.25, 0.3) is 0 Å². The van der Waals surface area contributed by atoms with Crippen molar-refractivity contribution in [2.75, 3.05) is 13.2 Å². The quantitative estimate of drug-likeness (QED) is 0.816. The Morgan fingerprint density at radius 3 is 2.75 bits per heavy atom. The molecule has 0 saturated carbocycles. The first-order valence-corrected chi connectivity index (χ1v) is 5.54. The fourth-order valence-corrected chi connectivity index (χ4v) is 2.00.